The summed E-state index contributed by atoms with van der Waals surface area (Å²) in [7, 11) is 0. The fraction of sp³-hybridized carbons (Fsp3) is 0.375. The van der Waals surface area contributed by atoms with Gasteiger partial charge in [-0.15, -0.1) is 0 Å². The quantitative estimate of drug-likeness (QED) is 0.692. The van der Waals surface area contributed by atoms with Gasteiger partial charge in [0.25, 0.3) is 0 Å². The third-order valence-corrected chi connectivity index (χ3v) is 2.07. The van der Waals surface area contributed by atoms with Crippen LogP contribution in [0.1, 0.15) is 0 Å². The molecule has 13 heavy (non-hydrogen) atoms. The summed E-state index contributed by atoms with van der Waals surface area (Å²) in [5.41, 5.74) is 0. The lowest BCUT2D eigenvalue weighted by atomic mass is 10.0. The maximum atomic E-state index is 10.5. The van der Waals surface area contributed by atoms with Crippen LogP contribution < -0.4 is 4.90 Å². The number of nitrogens with zero attached hydrogens (tertiary/aromatic N) is 3. The van der Waals surface area contributed by atoms with Crippen molar-refractivity contribution in [1.82, 2.24) is 9.97 Å². The van der Waals surface area contributed by atoms with Gasteiger partial charge in [0.2, 0.25) is 5.95 Å². The minimum Gasteiger partial charge on any atom is -0.481 e. The van der Waals surface area contributed by atoms with Gasteiger partial charge in [-0.2, -0.15) is 0 Å². The summed E-state index contributed by atoms with van der Waals surface area (Å²) in [6, 6.07) is 1.73. The zero-order valence-corrected chi connectivity index (χ0v) is 6.92. The molecule has 1 saturated heterocycles. The number of aromatic nitrogens is 2. The molecule has 2 rings (SSSR count). The molecule has 0 unspecified atom stereocenters. The highest BCUT2D eigenvalue weighted by atomic mass is 16.4. The number of hydrogen-bond donors (Lipinski definition) is 1. The van der Waals surface area contributed by atoms with E-state index in [1.54, 1.807) is 18.5 Å². The van der Waals surface area contributed by atoms with Crippen LogP contribution in [0.5, 0.6) is 0 Å². The lowest BCUT2D eigenvalue weighted by molar-refractivity contribution is -0.142. The monoisotopic (exact) mass is 179 g/mol. The fourth-order valence-electron chi connectivity index (χ4n) is 1.25. The average molecular weight is 179 g/mol. The summed E-state index contributed by atoms with van der Waals surface area (Å²) in [6.45, 7) is 1.03. The summed E-state index contributed by atoms with van der Waals surface area (Å²) in [5, 5.41) is 8.63. The molecule has 1 aliphatic rings. The Morgan fingerprint density at radius 3 is 2.62 bits per heavy atom. The Balaban J connectivity index is 1.98. The Hall–Kier alpha value is -1.65. The summed E-state index contributed by atoms with van der Waals surface area (Å²) in [4.78, 5) is 20.4. The smallest absolute Gasteiger partial charge is 0.310 e. The average Bonchev–Trinajstić information content (AvgIpc) is 2.02. The molecular formula is C8H9N3O2. The maximum Gasteiger partial charge on any atom is 0.310 e. The molecule has 1 aliphatic heterocycles. The number of carboxylic acid groups (broad SMARTS) is 1. The topological polar surface area (TPSA) is 66.3 Å². The molecule has 1 aromatic heterocycles. The second kappa shape index (κ2) is 3.01. The van der Waals surface area contributed by atoms with Gasteiger partial charge in [0, 0.05) is 25.5 Å². The van der Waals surface area contributed by atoms with Crippen molar-refractivity contribution in [3.05, 3.63) is 18.5 Å². The Labute approximate surface area is 75.0 Å². The predicted octanol–water partition coefficient (Wildman–Crippen LogP) is -0.00260. The van der Waals surface area contributed by atoms with Crippen LogP contribution >= 0.6 is 0 Å². The van der Waals surface area contributed by atoms with Crippen LogP contribution in [-0.4, -0.2) is 34.1 Å². The molecule has 0 radical (unpaired) electrons. The summed E-state index contributed by atoms with van der Waals surface area (Å²) in [6.07, 6.45) is 3.30. The molecule has 0 aromatic carbocycles. The molecule has 0 spiro atoms. The van der Waals surface area contributed by atoms with Gasteiger partial charge >= 0.3 is 5.97 Å². The van der Waals surface area contributed by atoms with Gasteiger partial charge in [-0.25, -0.2) is 9.97 Å². The van der Waals surface area contributed by atoms with Crippen LogP contribution in [0.4, 0.5) is 5.95 Å². The van der Waals surface area contributed by atoms with Crippen LogP contribution in [-0.2, 0) is 4.79 Å². The van der Waals surface area contributed by atoms with Crippen LogP contribution in [0, 0.1) is 5.92 Å². The maximum absolute atomic E-state index is 10.5. The van der Waals surface area contributed by atoms with Gasteiger partial charge < -0.3 is 10.0 Å². The van der Waals surface area contributed by atoms with Crippen molar-refractivity contribution in [2.24, 2.45) is 5.92 Å². The largest absolute Gasteiger partial charge is 0.481 e. The first-order valence-electron chi connectivity index (χ1n) is 4.02. The first kappa shape index (κ1) is 7.97. The Morgan fingerprint density at radius 1 is 1.46 bits per heavy atom. The molecule has 1 aromatic rings. The SMILES string of the molecule is O=C(O)C1CN(c2ncccn2)C1. The van der Waals surface area contributed by atoms with Gasteiger partial charge in [0.1, 0.15) is 0 Å². The predicted molar refractivity (Wildman–Crippen MR) is 45.4 cm³/mol. The fourth-order valence-corrected chi connectivity index (χ4v) is 1.25. The molecule has 68 valence electrons. The van der Waals surface area contributed by atoms with Gasteiger partial charge in [0.05, 0.1) is 5.92 Å². The van der Waals surface area contributed by atoms with Crippen molar-refractivity contribution in [2.75, 3.05) is 18.0 Å². The number of carbonyl (C=O) groups is 1. The van der Waals surface area contributed by atoms with E-state index in [1.165, 1.54) is 0 Å². The zero-order valence-electron chi connectivity index (χ0n) is 6.92. The molecule has 5 heteroatoms. The van der Waals surface area contributed by atoms with E-state index < -0.39 is 5.97 Å². The molecule has 0 bridgehead atoms. The van der Waals surface area contributed by atoms with Crippen molar-refractivity contribution < 1.29 is 9.90 Å². The van der Waals surface area contributed by atoms with Crippen molar-refractivity contribution in [2.45, 2.75) is 0 Å². The van der Waals surface area contributed by atoms with E-state index in [-0.39, 0.29) is 5.92 Å². The zero-order chi connectivity index (χ0) is 9.26. The second-order valence-electron chi connectivity index (χ2n) is 2.99. The van der Waals surface area contributed by atoms with E-state index in [0.717, 1.165) is 0 Å². The third-order valence-electron chi connectivity index (χ3n) is 2.07. The molecule has 2 heterocycles. The first-order valence-corrected chi connectivity index (χ1v) is 4.02. The van der Waals surface area contributed by atoms with Gasteiger partial charge in [0.15, 0.2) is 0 Å². The number of carboxylic acids is 1. The highest BCUT2D eigenvalue weighted by molar-refractivity contribution is 5.73. The van der Waals surface area contributed by atoms with Crippen molar-refractivity contribution in [3.63, 3.8) is 0 Å². The highest BCUT2D eigenvalue weighted by Crippen LogP contribution is 2.19. The summed E-state index contributed by atoms with van der Waals surface area (Å²) < 4.78 is 0. The van der Waals surface area contributed by atoms with Crippen LogP contribution in [0.3, 0.4) is 0 Å². The van der Waals surface area contributed by atoms with E-state index in [4.69, 9.17) is 5.11 Å². The summed E-state index contributed by atoms with van der Waals surface area (Å²) in [5.74, 6) is -0.393. The molecule has 0 saturated carbocycles. The Bertz CT molecular complexity index is 308. The highest BCUT2D eigenvalue weighted by Gasteiger charge is 2.33. The molecule has 5 nitrogen and oxygen atoms in total. The Morgan fingerprint density at radius 2 is 2.08 bits per heavy atom. The number of anilines is 1. The van der Waals surface area contributed by atoms with E-state index in [2.05, 4.69) is 9.97 Å². The van der Waals surface area contributed by atoms with Crippen LogP contribution in [0.15, 0.2) is 18.5 Å². The van der Waals surface area contributed by atoms with E-state index in [0.29, 0.717) is 19.0 Å². The van der Waals surface area contributed by atoms with Gasteiger partial charge in [-0.3, -0.25) is 4.79 Å². The van der Waals surface area contributed by atoms with Crippen molar-refractivity contribution in [1.29, 1.82) is 0 Å². The molecule has 1 fully saturated rings. The second-order valence-corrected chi connectivity index (χ2v) is 2.99. The van der Waals surface area contributed by atoms with E-state index >= 15 is 0 Å². The number of hydrogen-bond acceptors (Lipinski definition) is 4. The van der Waals surface area contributed by atoms with Crippen LogP contribution in [0.2, 0.25) is 0 Å². The first-order chi connectivity index (χ1) is 6.27. The molecular weight excluding hydrogens is 170 g/mol. The Kier molecular flexibility index (Phi) is 1.84. The molecule has 0 aliphatic carbocycles. The van der Waals surface area contributed by atoms with E-state index in [1.807, 2.05) is 4.90 Å². The molecule has 1 N–H and O–H groups in total. The van der Waals surface area contributed by atoms with Gasteiger partial charge in [-0.05, 0) is 6.07 Å². The van der Waals surface area contributed by atoms with Gasteiger partial charge in [-0.1, -0.05) is 0 Å². The standard InChI is InChI=1S/C8H9N3O2/c12-7(13)6-4-11(5-6)8-9-2-1-3-10-8/h1-3,6H,4-5H2,(H,12,13). The summed E-state index contributed by atoms with van der Waals surface area (Å²) >= 11 is 0. The molecule has 0 atom stereocenters. The van der Waals surface area contributed by atoms with Crippen molar-refractivity contribution >= 4 is 11.9 Å². The number of rotatable bonds is 2. The number of aliphatic carboxylic acids is 1. The minimum atomic E-state index is -0.743. The lowest BCUT2D eigenvalue weighted by Gasteiger charge is -2.36. The minimum absolute atomic E-state index is 0.260. The van der Waals surface area contributed by atoms with Crippen LogP contribution in [0.25, 0.3) is 0 Å². The van der Waals surface area contributed by atoms with E-state index in [9.17, 15) is 4.79 Å². The molecule has 0 amide bonds. The lowest BCUT2D eigenvalue weighted by Crippen LogP contribution is -2.51. The normalized spacial score (nSPS) is 16.8. The third kappa shape index (κ3) is 1.44. The van der Waals surface area contributed by atoms with Crippen molar-refractivity contribution in [3.8, 4) is 0 Å².